The highest BCUT2D eigenvalue weighted by molar-refractivity contribution is 6.30. The lowest BCUT2D eigenvalue weighted by Gasteiger charge is -2.11. The summed E-state index contributed by atoms with van der Waals surface area (Å²) in [6.07, 6.45) is 3.50. The zero-order valence-electron chi connectivity index (χ0n) is 8.97. The van der Waals surface area contributed by atoms with E-state index in [1.807, 2.05) is 29.9 Å². The van der Waals surface area contributed by atoms with Gasteiger partial charge in [-0.1, -0.05) is 23.7 Å². The molecule has 0 aliphatic heterocycles. The Kier molecular flexibility index (Phi) is 3.27. The van der Waals surface area contributed by atoms with E-state index in [1.165, 1.54) is 0 Å². The SMILES string of the molecule is Cn1ccnc1CC(O)c1cccc(Cl)c1. The largest absolute Gasteiger partial charge is 0.388 e. The molecule has 0 aliphatic rings. The molecule has 1 N–H and O–H groups in total. The van der Waals surface area contributed by atoms with Crippen LogP contribution < -0.4 is 0 Å². The number of aliphatic hydroxyl groups is 1. The van der Waals surface area contributed by atoms with Crippen LogP contribution in [0.25, 0.3) is 0 Å². The highest BCUT2D eigenvalue weighted by Gasteiger charge is 2.11. The molecule has 1 atom stereocenters. The topological polar surface area (TPSA) is 38.0 Å². The maximum absolute atomic E-state index is 10.0. The molecule has 2 rings (SSSR count). The molecule has 0 bridgehead atoms. The molecule has 0 fully saturated rings. The van der Waals surface area contributed by atoms with Crippen LogP contribution in [0, 0.1) is 0 Å². The maximum atomic E-state index is 10.0. The van der Waals surface area contributed by atoms with E-state index in [0.717, 1.165) is 11.4 Å². The number of benzene rings is 1. The Morgan fingerprint density at radius 1 is 1.50 bits per heavy atom. The van der Waals surface area contributed by atoms with Crippen LogP contribution in [0.1, 0.15) is 17.5 Å². The number of hydrogen-bond donors (Lipinski definition) is 1. The smallest absolute Gasteiger partial charge is 0.111 e. The standard InChI is InChI=1S/C12H13ClN2O/c1-15-6-5-14-12(15)8-11(16)9-3-2-4-10(13)7-9/h2-7,11,16H,8H2,1H3. The number of aliphatic hydroxyl groups excluding tert-OH is 1. The van der Waals surface area contributed by atoms with E-state index in [4.69, 9.17) is 11.6 Å². The van der Waals surface area contributed by atoms with Gasteiger partial charge in [-0.3, -0.25) is 0 Å². The molecule has 1 heterocycles. The van der Waals surface area contributed by atoms with E-state index in [2.05, 4.69) is 4.98 Å². The van der Waals surface area contributed by atoms with Crippen molar-refractivity contribution >= 4 is 11.6 Å². The fourth-order valence-corrected chi connectivity index (χ4v) is 1.80. The van der Waals surface area contributed by atoms with E-state index in [1.54, 1.807) is 18.3 Å². The van der Waals surface area contributed by atoms with Crippen LogP contribution in [0.4, 0.5) is 0 Å². The van der Waals surface area contributed by atoms with Gasteiger partial charge in [-0.2, -0.15) is 0 Å². The first kappa shape index (κ1) is 11.2. The first-order valence-corrected chi connectivity index (χ1v) is 5.44. The molecule has 4 heteroatoms. The van der Waals surface area contributed by atoms with Crippen LogP contribution in [-0.4, -0.2) is 14.7 Å². The molecule has 0 saturated heterocycles. The first-order chi connectivity index (χ1) is 7.66. The van der Waals surface area contributed by atoms with Gasteiger partial charge >= 0.3 is 0 Å². The molecule has 1 unspecified atom stereocenters. The number of imidazole rings is 1. The molecular formula is C12H13ClN2O. The van der Waals surface area contributed by atoms with Gasteiger partial charge < -0.3 is 9.67 Å². The third-order valence-corrected chi connectivity index (χ3v) is 2.77. The summed E-state index contributed by atoms with van der Waals surface area (Å²) in [5.74, 6) is 0.854. The van der Waals surface area contributed by atoms with Gasteiger partial charge in [0.05, 0.1) is 6.10 Å². The predicted molar refractivity (Wildman–Crippen MR) is 63.3 cm³/mol. The van der Waals surface area contributed by atoms with Gasteiger partial charge in [0.25, 0.3) is 0 Å². The second-order valence-corrected chi connectivity index (χ2v) is 4.17. The molecule has 3 nitrogen and oxygen atoms in total. The average Bonchev–Trinajstić information content (AvgIpc) is 2.64. The Morgan fingerprint density at radius 3 is 2.94 bits per heavy atom. The minimum absolute atomic E-state index is 0.490. The van der Waals surface area contributed by atoms with Gasteiger partial charge in [-0.25, -0.2) is 4.98 Å². The molecule has 0 aliphatic carbocycles. The van der Waals surface area contributed by atoms with Crippen LogP contribution in [0.3, 0.4) is 0 Å². The lowest BCUT2D eigenvalue weighted by molar-refractivity contribution is 0.175. The molecule has 2 aromatic rings. The van der Waals surface area contributed by atoms with E-state index < -0.39 is 6.10 Å². The van der Waals surface area contributed by atoms with E-state index >= 15 is 0 Å². The van der Waals surface area contributed by atoms with E-state index in [-0.39, 0.29) is 0 Å². The van der Waals surface area contributed by atoms with Crippen LogP contribution in [0.5, 0.6) is 0 Å². The van der Waals surface area contributed by atoms with Crippen molar-refractivity contribution in [1.29, 1.82) is 0 Å². The molecule has 84 valence electrons. The molecule has 0 amide bonds. The zero-order chi connectivity index (χ0) is 11.5. The van der Waals surface area contributed by atoms with Crippen LogP contribution in [0.15, 0.2) is 36.7 Å². The second-order valence-electron chi connectivity index (χ2n) is 3.73. The van der Waals surface area contributed by atoms with Gasteiger partial charge in [0.15, 0.2) is 0 Å². The Labute approximate surface area is 99.3 Å². The summed E-state index contributed by atoms with van der Waals surface area (Å²) >= 11 is 5.87. The van der Waals surface area contributed by atoms with Crippen molar-refractivity contribution < 1.29 is 5.11 Å². The van der Waals surface area contributed by atoms with Crippen LogP contribution >= 0.6 is 11.6 Å². The molecule has 1 aromatic heterocycles. The van der Waals surface area contributed by atoms with Crippen molar-refractivity contribution in [3.63, 3.8) is 0 Å². The number of nitrogens with zero attached hydrogens (tertiary/aromatic N) is 2. The number of rotatable bonds is 3. The Hall–Kier alpha value is -1.32. The number of hydrogen-bond acceptors (Lipinski definition) is 2. The lowest BCUT2D eigenvalue weighted by atomic mass is 10.1. The minimum Gasteiger partial charge on any atom is -0.388 e. The first-order valence-electron chi connectivity index (χ1n) is 5.06. The Morgan fingerprint density at radius 2 is 2.31 bits per heavy atom. The van der Waals surface area contributed by atoms with Gasteiger partial charge in [0.2, 0.25) is 0 Å². The van der Waals surface area contributed by atoms with Gasteiger partial charge in [0.1, 0.15) is 5.82 Å². The number of aromatic nitrogens is 2. The molecular weight excluding hydrogens is 224 g/mol. The molecule has 16 heavy (non-hydrogen) atoms. The molecule has 0 radical (unpaired) electrons. The van der Waals surface area contributed by atoms with E-state index in [0.29, 0.717) is 11.4 Å². The van der Waals surface area contributed by atoms with E-state index in [9.17, 15) is 5.11 Å². The zero-order valence-corrected chi connectivity index (χ0v) is 9.72. The maximum Gasteiger partial charge on any atom is 0.111 e. The van der Waals surface area contributed by atoms with Crippen molar-refractivity contribution in [2.24, 2.45) is 7.05 Å². The van der Waals surface area contributed by atoms with Crippen molar-refractivity contribution in [2.75, 3.05) is 0 Å². The number of aryl methyl sites for hydroxylation is 1. The fourth-order valence-electron chi connectivity index (χ4n) is 1.60. The van der Waals surface area contributed by atoms with Crippen LogP contribution in [-0.2, 0) is 13.5 Å². The summed E-state index contributed by atoms with van der Waals surface area (Å²) < 4.78 is 1.90. The summed E-state index contributed by atoms with van der Waals surface area (Å²) in [5.41, 5.74) is 0.815. The van der Waals surface area contributed by atoms with Crippen molar-refractivity contribution in [1.82, 2.24) is 9.55 Å². The predicted octanol–water partition coefficient (Wildman–Crippen LogP) is 2.35. The minimum atomic E-state index is -0.570. The number of halogens is 1. The Bertz CT molecular complexity index is 481. The summed E-state index contributed by atoms with van der Waals surface area (Å²) in [6.45, 7) is 0. The summed E-state index contributed by atoms with van der Waals surface area (Å²) in [4.78, 5) is 4.17. The van der Waals surface area contributed by atoms with Crippen molar-refractivity contribution in [3.8, 4) is 0 Å². The van der Waals surface area contributed by atoms with Crippen molar-refractivity contribution in [3.05, 3.63) is 53.1 Å². The normalized spacial score (nSPS) is 12.7. The lowest BCUT2D eigenvalue weighted by Crippen LogP contribution is -2.06. The van der Waals surface area contributed by atoms with Crippen molar-refractivity contribution in [2.45, 2.75) is 12.5 Å². The highest BCUT2D eigenvalue weighted by Crippen LogP contribution is 2.20. The van der Waals surface area contributed by atoms with Gasteiger partial charge in [-0.15, -0.1) is 0 Å². The highest BCUT2D eigenvalue weighted by atomic mass is 35.5. The molecule has 0 spiro atoms. The fraction of sp³-hybridized carbons (Fsp3) is 0.250. The molecule has 0 saturated carbocycles. The monoisotopic (exact) mass is 236 g/mol. The third-order valence-electron chi connectivity index (χ3n) is 2.53. The van der Waals surface area contributed by atoms with Crippen LogP contribution in [0.2, 0.25) is 5.02 Å². The molecule has 1 aromatic carbocycles. The Balaban J connectivity index is 2.14. The summed E-state index contributed by atoms with van der Waals surface area (Å²) in [6, 6.07) is 7.26. The quantitative estimate of drug-likeness (QED) is 0.889. The third kappa shape index (κ3) is 2.43. The van der Waals surface area contributed by atoms with Gasteiger partial charge in [0, 0.05) is 30.9 Å². The average molecular weight is 237 g/mol. The van der Waals surface area contributed by atoms with Gasteiger partial charge in [-0.05, 0) is 17.7 Å². The summed E-state index contributed by atoms with van der Waals surface area (Å²) in [5, 5.41) is 10.7. The second kappa shape index (κ2) is 4.68. The summed E-state index contributed by atoms with van der Waals surface area (Å²) in [7, 11) is 1.91.